The van der Waals surface area contributed by atoms with Crippen molar-refractivity contribution in [2.75, 3.05) is 13.7 Å². The molecule has 120 valence electrons. The summed E-state index contributed by atoms with van der Waals surface area (Å²) in [6.07, 6.45) is 14.0. The van der Waals surface area contributed by atoms with Crippen LogP contribution < -0.4 is 10.1 Å². The number of nitrogens with one attached hydrogen (secondary N) is 1. The van der Waals surface area contributed by atoms with E-state index in [0.717, 1.165) is 18.8 Å². The van der Waals surface area contributed by atoms with Gasteiger partial charge in [-0.05, 0) is 31.5 Å². The summed E-state index contributed by atoms with van der Waals surface area (Å²) in [5, 5.41) is 3.41. The van der Waals surface area contributed by atoms with Crippen molar-refractivity contribution in [2.24, 2.45) is 0 Å². The van der Waals surface area contributed by atoms with Crippen LogP contribution in [0.3, 0.4) is 0 Å². The summed E-state index contributed by atoms with van der Waals surface area (Å²) in [5.41, 5.74) is 1.24. The van der Waals surface area contributed by atoms with Crippen LogP contribution in [-0.2, 0) is 0 Å². The van der Waals surface area contributed by atoms with E-state index < -0.39 is 0 Å². The van der Waals surface area contributed by atoms with Crippen LogP contribution in [0.1, 0.15) is 76.8 Å². The minimum atomic E-state index is 0.383. The van der Waals surface area contributed by atoms with Gasteiger partial charge < -0.3 is 10.1 Å². The molecule has 1 unspecified atom stereocenters. The normalized spacial score (nSPS) is 12.3. The molecule has 1 atom stereocenters. The van der Waals surface area contributed by atoms with Crippen LogP contribution in [0.5, 0.6) is 5.75 Å². The van der Waals surface area contributed by atoms with Crippen molar-refractivity contribution in [3.05, 3.63) is 24.0 Å². The fraction of sp³-hybridized carbons (Fsp3) is 0.722. The van der Waals surface area contributed by atoms with Gasteiger partial charge in [-0.25, -0.2) is 0 Å². The van der Waals surface area contributed by atoms with Gasteiger partial charge in [0.05, 0.1) is 12.8 Å². The summed E-state index contributed by atoms with van der Waals surface area (Å²) >= 11 is 0. The summed E-state index contributed by atoms with van der Waals surface area (Å²) in [5.74, 6) is 0.887. The Morgan fingerprint density at radius 3 is 2.52 bits per heavy atom. The quantitative estimate of drug-likeness (QED) is 0.557. The molecule has 0 bridgehead atoms. The number of rotatable bonds is 12. The Labute approximate surface area is 130 Å². The average Bonchev–Trinajstić information content (AvgIpc) is 2.52. The molecule has 1 heterocycles. The molecule has 21 heavy (non-hydrogen) atoms. The highest BCUT2D eigenvalue weighted by Crippen LogP contribution is 2.22. The number of nitrogens with zero attached hydrogens (tertiary/aromatic N) is 1. The van der Waals surface area contributed by atoms with Crippen LogP contribution in [0.2, 0.25) is 0 Å². The third-order valence-electron chi connectivity index (χ3n) is 3.80. The summed E-state index contributed by atoms with van der Waals surface area (Å²) in [6.45, 7) is 5.14. The van der Waals surface area contributed by atoms with Crippen LogP contribution in [0.4, 0.5) is 0 Å². The van der Waals surface area contributed by atoms with E-state index in [2.05, 4.69) is 30.2 Å². The predicted octanol–water partition coefficient (Wildman–Crippen LogP) is 4.88. The Balaban J connectivity index is 2.40. The lowest BCUT2D eigenvalue weighted by Gasteiger charge is -2.17. The van der Waals surface area contributed by atoms with Crippen LogP contribution in [0.25, 0.3) is 0 Å². The molecule has 0 radical (unpaired) electrons. The molecule has 1 aromatic rings. The van der Waals surface area contributed by atoms with Crippen molar-refractivity contribution < 1.29 is 4.74 Å². The molecule has 0 spiro atoms. The first kappa shape index (κ1) is 18.0. The predicted molar refractivity (Wildman–Crippen MR) is 89.8 cm³/mol. The van der Waals surface area contributed by atoms with E-state index in [1.54, 1.807) is 6.20 Å². The van der Waals surface area contributed by atoms with E-state index in [1.165, 1.54) is 50.5 Å². The second-order valence-electron chi connectivity index (χ2n) is 5.70. The molecule has 1 N–H and O–H groups in total. The van der Waals surface area contributed by atoms with Gasteiger partial charge in [-0.3, -0.25) is 4.98 Å². The molecule has 0 aromatic carbocycles. The lowest BCUT2D eigenvalue weighted by molar-refractivity contribution is 0.315. The van der Waals surface area contributed by atoms with Gasteiger partial charge in [-0.15, -0.1) is 0 Å². The van der Waals surface area contributed by atoms with Crippen molar-refractivity contribution in [3.8, 4) is 5.75 Å². The largest absolute Gasteiger partial charge is 0.492 e. The Morgan fingerprint density at radius 1 is 1.05 bits per heavy atom. The van der Waals surface area contributed by atoms with Gasteiger partial charge in [-0.1, -0.05) is 52.4 Å². The second-order valence-corrected chi connectivity index (χ2v) is 5.70. The molecule has 0 fully saturated rings. The fourth-order valence-electron chi connectivity index (χ4n) is 2.53. The molecule has 0 amide bonds. The van der Waals surface area contributed by atoms with E-state index in [0.29, 0.717) is 6.04 Å². The first-order chi connectivity index (χ1) is 10.3. The lowest BCUT2D eigenvalue weighted by Crippen LogP contribution is -2.16. The lowest BCUT2D eigenvalue weighted by atomic mass is 10.0. The minimum Gasteiger partial charge on any atom is -0.492 e. The van der Waals surface area contributed by atoms with Gasteiger partial charge >= 0.3 is 0 Å². The summed E-state index contributed by atoms with van der Waals surface area (Å²) in [4.78, 5) is 4.31. The van der Waals surface area contributed by atoms with Crippen molar-refractivity contribution in [1.82, 2.24) is 10.3 Å². The van der Waals surface area contributed by atoms with Crippen LogP contribution in [0.15, 0.2) is 18.5 Å². The highest BCUT2D eigenvalue weighted by Gasteiger charge is 2.10. The van der Waals surface area contributed by atoms with Gasteiger partial charge in [0.25, 0.3) is 0 Å². The first-order valence-corrected chi connectivity index (χ1v) is 8.56. The molecule has 1 rings (SSSR count). The first-order valence-electron chi connectivity index (χ1n) is 8.56. The van der Waals surface area contributed by atoms with Gasteiger partial charge in [0, 0.05) is 12.2 Å². The summed E-state index contributed by atoms with van der Waals surface area (Å²) in [7, 11) is 2.03. The number of aromatic nitrogens is 1. The Hall–Kier alpha value is -1.09. The maximum absolute atomic E-state index is 5.67. The number of ether oxygens (including phenoxy) is 1. The zero-order valence-corrected chi connectivity index (χ0v) is 14.0. The topological polar surface area (TPSA) is 34.2 Å². The van der Waals surface area contributed by atoms with Gasteiger partial charge in [0.15, 0.2) is 0 Å². The zero-order valence-electron chi connectivity index (χ0n) is 14.0. The van der Waals surface area contributed by atoms with Crippen molar-refractivity contribution in [1.29, 1.82) is 0 Å². The highest BCUT2D eigenvalue weighted by molar-refractivity contribution is 5.26. The molecule has 0 saturated heterocycles. The molecular formula is C18H32N2O. The van der Waals surface area contributed by atoms with E-state index >= 15 is 0 Å². The molecule has 0 aliphatic heterocycles. The Bertz CT molecular complexity index is 368. The number of unbranched alkanes of at least 4 members (excludes halogenated alkanes) is 5. The van der Waals surface area contributed by atoms with E-state index in [9.17, 15) is 0 Å². The van der Waals surface area contributed by atoms with Gasteiger partial charge in [0.2, 0.25) is 0 Å². The van der Waals surface area contributed by atoms with E-state index in [-0.39, 0.29) is 0 Å². The maximum Gasteiger partial charge on any atom is 0.137 e. The van der Waals surface area contributed by atoms with E-state index in [1.807, 2.05) is 13.2 Å². The molecule has 0 aliphatic carbocycles. The van der Waals surface area contributed by atoms with Gasteiger partial charge in [-0.2, -0.15) is 0 Å². The number of hydrogen-bond donors (Lipinski definition) is 1. The maximum atomic E-state index is 5.67. The standard InChI is InChI=1S/C18H32N2O/c1-4-6-7-8-9-10-11-18(19-3)16-13-17(15-20-14-16)21-12-5-2/h13-15,18-19H,4-12H2,1-3H3. The monoisotopic (exact) mass is 292 g/mol. The fourth-order valence-corrected chi connectivity index (χ4v) is 2.53. The molecule has 3 nitrogen and oxygen atoms in total. The second kappa shape index (κ2) is 11.6. The van der Waals surface area contributed by atoms with Crippen molar-refractivity contribution in [2.45, 2.75) is 71.3 Å². The van der Waals surface area contributed by atoms with E-state index in [4.69, 9.17) is 4.74 Å². The van der Waals surface area contributed by atoms with Crippen molar-refractivity contribution >= 4 is 0 Å². The molecule has 0 saturated carbocycles. The van der Waals surface area contributed by atoms with Crippen molar-refractivity contribution in [3.63, 3.8) is 0 Å². The van der Waals surface area contributed by atoms with Crippen LogP contribution >= 0.6 is 0 Å². The molecule has 0 aliphatic rings. The molecule has 1 aromatic heterocycles. The SMILES string of the molecule is CCCCCCCCC(NC)c1cncc(OCCC)c1. The Morgan fingerprint density at radius 2 is 1.81 bits per heavy atom. The number of pyridine rings is 1. The minimum absolute atomic E-state index is 0.383. The summed E-state index contributed by atoms with van der Waals surface area (Å²) in [6, 6.07) is 2.51. The molecule has 3 heteroatoms. The average molecular weight is 292 g/mol. The summed E-state index contributed by atoms with van der Waals surface area (Å²) < 4.78 is 5.67. The highest BCUT2D eigenvalue weighted by atomic mass is 16.5. The smallest absolute Gasteiger partial charge is 0.137 e. The van der Waals surface area contributed by atoms with Gasteiger partial charge in [0.1, 0.15) is 5.75 Å². The third kappa shape index (κ3) is 7.47. The molecular weight excluding hydrogens is 260 g/mol. The zero-order chi connectivity index (χ0) is 15.3. The van der Waals surface area contributed by atoms with Crippen LogP contribution in [0, 0.1) is 0 Å². The third-order valence-corrected chi connectivity index (χ3v) is 3.80. The Kier molecular flexibility index (Phi) is 9.88. The van der Waals surface area contributed by atoms with Crippen LogP contribution in [-0.4, -0.2) is 18.6 Å². The number of hydrogen-bond acceptors (Lipinski definition) is 3.